The second-order valence-electron chi connectivity index (χ2n) is 11.5. The highest BCUT2D eigenvalue weighted by Crippen LogP contribution is 2.40. The molecule has 0 unspecified atom stereocenters. The Hall–Kier alpha value is -5.15. The molecule has 8 rings (SSSR count). The number of hydrogen-bond donors (Lipinski definition) is 0. The molecule has 214 valence electrons. The molecule has 1 heterocycles. The molecule has 3 heteroatoms. The lowest BCUT2D eigenvalue weighted by molar-refractivity contribution is 1.18. The van der Waals surface area contributed by atoms with Gasteiger partial charge in [-0.3, -0.25) is 0 Å². The molecule has 7 aromatic carbocycles. The Balaban J connectivity index is 1.47. The van der Waals surface area contributed by atoms with Crippen molar-refractivity contribution in [2.24, 2.45) is 0 Å². The summed E-state index contributed by atoms with van der Waals surface area (Å²) in [7, 11) is -2.69. The molecule has 1 nitrogen and oxygen atoms in total. The summed E-state index contributed by atoms with van der Waals surface area (Å²) in [5.41, 5.74) is 5.73. The standard InChI is InChI=1S/C42H30ClNSi/c43-32-29-39(42-40(30-32)38-26-13-14-27-41(38)44(42)33-17-5-1-6-18-33)31-16-15-25-37(28-31)45(34-19-7-2-8-20-34,35-21-9-3-10-22-35)36-23-11-4-12-24-36/h1-30H. The molecule has 0 saturated carbocycles. The number of para-hydroxylation sites is 2. The summed E-state index contributed by atoms with van der Waals surface area (Å²) in [6, 6.07) is 66.0. The summed E-state index contributed by atoms with van der Waals surface area (Å²) in [6.07, 6.45) is 0. The number of aromatic nitrogens is 1. The highest BCUT2D eigenvalue weighted by Gasteiger charge is 2.41. The average molecular weight is 612 g/mol. The van der Waals surface area contributed by atoms with Gasteiger partial charge in [0.25, 0.3) is 0 Å². The van der Waals surface area contributed by atoms with Crippen molar-refractivity contribution < 1.29 is 0 Å². The fourth-order valence-electron chi connectivity index (χ4n) is 7.11. The van der Waals surface area contributed by atoms with E-state index in [0.717, 1.165) is 32.7 Å². The molecule has 0 spiro atoms. The zero-order valence-corrected chi connectivity index (χ0v) is 26.4. The van der Waals surface area contributed by atoms with Crippen LogP contribution in [0.15, 0.2) is 182 Å². The summed E-state index contributed by atoms with van der Waals surface area (Å²) in [4.78, 5) is 0. The van der Waals surface area contributed by atoms with Gasteiger partial charge in [-0.2, -0.15) is 0 Å². The molecule has 0 fully saturated rings. The van der Waals surface area contributed by atoms with Crippen LogP contribution in [0.25, 0.3) is 38.6 Å². The Morgan fingerprint density at radius 1 is 0.422 bits per heavy atom. The van der Waals surface area contributed by atoms with Crippen LogP contribution in [0.2, 0.25) is 5.02 Å². The first-order chi connectivity index (χ1) is 22.2. The van der Waals surface area contributed by atoms with Crippen molar-refractivity contribution in [1.82, 2.24) is 4.57 Å². The van der Waals surface area contributed by atoms with E-state index in [-0.39, 0.29) is 0 Å². The van der Waals surface area contributed by atoms with Crippen LogP contribution in [-0.4, -0.2) is 12.6 Å². The van der Waals surface area contributed by atoms with Gasteiger partial charge in [-0.05, 0) is 56.6 Å². The maximum atomic E-state index is 6.95. The average Bonchev–Trinajstić information content (AvgIpc) is 3.44. The fourth-order valence-corrected chi connectivity index (χ4v) is 12.1. The zero-order valence-electron chi connectivity index (χ0n) is 24.6. The Morgan fingerprint density at radius 3 is 1.53 bits per heavy atom. The largest absolute Gasteiger partial charge is 0.309 e. The third-order valence-electron chi connectivity index (χ3n) is 8.97. The summed E-state index contributed by atoms with van der Waals surface area (Å²) in [6.45, 7) is 0. The van der Waals surface area contributed by atoms with Crippen LogP contribution in [0.4, 0.5) is 0 Å². The van der Waals surface area contributed by atoms with Crippen molar-refractivity contribution in [2.45, 2.75) is 0 Å². The monoisotopic (exact) mass is 611 g/mol. The van der Waals surface area contributed by atoms with E-state index in [1.807, 2.05) is 0 Å². The van der Waals surface area contributed by atoms with Crippen LogP contribution in [0.3, 0.4) is 0 Å². The first-order valence-corrected chi connectivity index (χ1v) is 17.7. The first kappa shape index (κ1) is 27.4. The molecular weight excluding hydrogens is 582 g/mol. The van der Waals surface area contributed by atoms with Gasteiger partial charge in [0.2, 0.25) is 0 Å². The van der Waals surface area contributed by atoms with Gasteiger partial charge in [0.1, 0.15) is 0 Å². The van der Waals surface area contributed by atoms with E-state index in [4.69, 9.17) is 11.6 Å². The van der Waals surface area contributed by atoms with Gasteiger partial charge in [-0.25, -0.2) is 0 Å². The number of rotatable bonds is 6. The van der Waals surface area contributed by atoms with E-state index in [1.54, 1.807) is 0 Å². The maximum Gasteiger partial charge on any atom is 0.179 e. The minimum atomic E-state index is -2.69. The maximum absolute atomic E-state index is 6.95. The predicted octanol–water partition coefficient (Wildman–Crippen LogP) is 8.48. The van der Waals surface area contributed by atoms with Crippen LogP contribution in [-0.2, 0) is 0 Å². The smallest absolute Gasteiger partial charge is 0.179 e. The minimum absolute atomic E-state index is 0.733. The van der Waals surface area contributed by atoms with Crippen molar-refractivity contribution in [3.63, 3.8) is 0 Å². The third kappa shape index (κ3) is 4.53. The summed E-state index contributed by atoms with van der Waals surface area (Å²) >= 11 is 6.95. The Labute approximate surface area is 269 Å². The molecule has 0 atom stereocenters. The fraction of sp³-hybridized carbons (Fsp3) is 0. The van der Waals surface area contributed by atoms with Crippen molar-refractivity contribution in [2.75, 3.05) is 0 Å². The van der Waals surface area contributed by atoms with E-state index in [1.165, 1.54) is 31.6 Å². The molecule has 0 N–H and O–H groups in total. The molecule has 45 heavy (non-hydrogen) atoms. The van der Waals surface area contributed by atoms with E-state index < -0.39 is 8.07 Å². The van der Waals surface area contributed by atoms with Crippen molar-refractivity contribution in [1.29, 1.82) is 0 Å². The highest BCUT2D eigenvalue weighted by atomic mass is 35.5. The number of nitrogens with zero attached hydrogens (tertiary/aromatic N) is 1. The molecule has 1 aromatic heterocycles. The normalized spacial score (nSPS) is 11.7. The topological polar surface area (TPSA) is 4.93 Å². The van der Waals surface area contributed by atoms with Gasteiger partial charge in [0.05, 0.1) is 11.0 Å². The second-order valence-corrected chi connectivity index (χ2v) is 15.7. The number of halogens is 1. The highest BCUT2D eigenvalue weighted by molar-refractivity contribution is 7.19. The molecule has 0 aliphatic rings. The van der Waals surface area contributed by atoms with Crippen LogP contribution >= 0.6 is 11.6 Å². The van der Waals surface area contributed by atoms with Crippen molar-refractivity contribution in [3.8, 4) is 16.8 Å². The Kier molecular flexibility index (Phi) is 6.94. The quantitative estimate of drug-likeness (QED) is 0.131. The summed E-state index contributed by atoms with van der Waals surface area (Å²) in [5.74, 6) is 0. The van der Waals surface area contributed by atoms with Gasteiger partial charge >= 0.3 is 0 Å². The van der Waals surface area contributed by atoms with Crippen LogP contribution in [0.5, 0.6) is 0 Å². The molecule has 8 aromatic rings. The molecule has 0 aliphatic heterocycles. The van der Waals surface area contributed by atoms with E-state index >= 15 is 0 Å². The Morgan fingerprint density at radius 2 is 0.933 bits per heavy atom. The molecule has 0 aliphatic carbocycles. The summed E-state index contributed by atoms with van der Waals surface area (Å²) < 4.78 is 2.39. The molecule has 0 amide bonds. The number of benzene rings is 7. The number of hydrogen-bond acceptors (Lipinski definition) is 0. The van der Waals surface area contributed by atoms with Crippen molar-refractivity contribution in [3.05, 3.63) is 187 Å². The van der Waals surface area contributed by atoms with Crippen molar-refractivity contribution >= 4 is 62.2 Å². The molecule has 0 saturated heterocycles. The van der Waals surface area contributed by atoms with Gasteiger partial charge < -0.3 is 4.57 Å². The predicted molar refractivity (Wildman–Crippen MR) is 195 cm³/mol. The van der Waals surface area contributed by atoms with E-state index in [0.29, 0.717) is 0 Å². The van der Waals surface area contributed by atoms with Crippen LogP contribution < -0.4 is 20.7 Å². The van der Waals surface area contributed by atoms with Gasteiger partial charge in [-0.15, -0.1) is 0 Å². The number of fused-ring (bicyclic) bond motifs is 3. The van der Waals surface area contributed by atoms with Gasteiger partial charge in [0.15, 0.2) is 8.07 Å². The Bertz CT molecular complexity index is 2160. The van der Waals surface area contributed by atoms with E-state index in [2.05, 4.69) is 187 Å². The molecular formula is C42H30ClNSi. The van der Waals surface area contributed by atoms with Crippen LogP contribution in [0.1, 0.15) is 0 Å². The molecule has 0 radical (unpaired) electrons. The minimum Gasteiger partial charge on any atom is -0.309 e. The van der Waals surface area contributed by atoms with Gasteiger partial charge in [-0.1, -0.05) is 163 Å². The lowest BCUT2D eigenvalue weighted by Crippen LogP contribution is -2.74. The lowest BCUT2D eigenvalue weighted by Gasteiger charge is -2.34. The van der Waals surface area contributed by atoms with Crippen LogP contribution in [0, 0.1) is 0 Å². The zero-order chi connectivity index (χ0) is 30.2. The SMILES string of the molecule is Clc1cc(-c2cccc([Si](c3ccccc3)(c3ccccc3)c3ccccc3)c2)c2c(c1)c1ccccc1n2-c1ccccc1. The molecule has 0 bridgehead atoms. The lowest BCUT2D eigenvalue weighted by atomic mass is 10.0. The van der Waals surface area contributed by atoms with E-state index in [9.17, 15) is 0 Å². The third-order valence-corrected chi connectivity index (χ3v) is 14.0. The van der Waals surface area contributed by atoms with Gasteiger partial charge in [0, 0.05) is 27.0 Å². The first-order valence-electron chi connectivity index (χ1n) is 15.3. The summed E-state index contributed by atoms with van der Waals surface area (Å²) in [5, 5.41) is 8.48. The second kappa shape index (κ2) is 11.4.